The second kappa shape index (κ2) is 7.92. The summed E-state index contributed by atoms with van der Waals surface area (Å²) in [6.07, 6.45) is 6.50. The van der Waals surface area contributed by atoms with Crippen LogP contribution in [0.3, 0.4) is 0 Å². The fourth-order valence-corrected chi connectivity index (χ4v) is 4.17. The highest BCUT2D eigenvalue weighted by Crippen LogP contribution is 2.21. The van der Waals surface area contributed by atoms with Crippen molar-refractivity contribution in [1.29, 1.82) is 0 Å². The Morgan fingerprint density at radius 3 is 2.56 bits per heavy atom. The number of carbonyl (C=O) groups excluding carboxylic acids is 1. The Morgan fingerprint density at radius 2 is 1.81 bits per heavy atom. The van der Waals surface area contributed by atoms with Crippen LogP contribution in [0.2, 0.25) is 0 Å². The molecule has 0 bridgehead atoms. The van der Waals surface area contributed by atoms with Crippen LogP contribution in [0.4, 0.5) is 11.4 Å². The fourth-order valence-electron chi connectivity index (χ4n) is 3.45. The van der Waals surface area contributed by atoms with E-state index in [1.807, 2.05) is 29.6 Å². The average molecular weight is 382 g/mol. The molecule has 4 rings (SSSR count). The van der Waals surface area contributed by atoms with E-state index in [9.17, 15) is 9.59 Å². The molecule has 1 aliphatic heterocycles. The number of amides is 1. The summed E-state index contributed by atoms with van der Waals surface area (Å²) in [7, 11) is 0. The van der Waals surface area contributed by atoms with Gasteiger partial charge in [0.15, 0.2) is 0 Å². The molecule has 0 atom stereocenters. The lowest BCUT2D eigenvalue weighted by atomic mass is 10.2. The number of nitrogens with zero attached hydrogens (tertiary/aromatic N) is 3. The molecule has 1 aliphatic rings. The van der Waals surface area contributed by atoms with E-state index in [1.165, 1.54) is 53.6 Å². The van der Waals surface area contributed by atoms with Crippen LogP contribution in [0.15, 0.2) is 46.8 Å². The van der Waals surface area contributed by atoms with E-state index in [4.69, 9.17) is 0 Å². The Kier molecular flexibility index (Phi) is 5.20. The zero-order valence-corrected chi connectivity index (χ0v) is 15.9. The van der Waals surface area contributed by atoms with Crippen LogP contribution in [-0.2, 0) is 11.3 Å². The van der Waals surface area contributed by atoms with Crippen LogP contribution in [0, 0.1) is 0 Å². The van der Waals surface area contributed by atoms with Crippen molar-refractivity contribution in [2.24, 2.45) is 0 Å². The lowest BCUT2D eigenvalue weighted by molar-refractivity contribution is -0.116. The number of anilines is 2. The van der Waals surface area contributed by atoms with Crippen molar-refractivity contribution in [3.8, 4) is 0 Å². The van der Waals surface area contributed by atoms with Gasteiger partial charge in [-0.25, -0.2) is 4.98 Å². The number of carbonyl (C=O) groups is 1. The maximum atomic E-state index is 12.4. The summed E-state index contributed by atoms with van der Waals surface area (Å²) in [4.78, 5) is 32.0. The van der Waals surface area contributed by atoms with Gasteiger partial charge < -0.3 is 10.2 Å². The highest BCUT2D eigenvalue weighted by molar-refractivity contribution is 7.16. The molecule has 7 heteroatoms. The Balaban J connectivity index is 1.41. The molecule has 27 heavy (non-hydrogen) atoms. The van der Waals surface area contributed by atoms with Crippen molar-refractivity contribution in [1.82, 2.24) is 9.55 Å². The van der Waals surface area contributed by atoms with Crippen LogP contribution in [0.1, 0.15) is 25.7 Å². The molecule has 0 unspecified atom stereocenters. The topological polar surface area (TPSA) is 67.2 Å². The lowest BCUT2D eigenvalue weighted by Gasteiger charge is -2.22. The van der Waals surface area contributed by atoms with Gasteiger partial charge in [-0.05, 0) is 48.6 Å². The normalized spacial score (nSPS) is 14.9. The number of thiophene rings is 1. The molecular weight excluding hydrogens is 360 g/mol. The Labute approximate surface area is 161 Å². The Morgan fingerprint density at radius 1 is 1.07 bits per heavy atom. The Bertz CT molecular complexity index is 985. The van der Waals surface area contributed by atoms with Gasteiger partial charge in [-0.15, -0.1) is 11.3 Å². The van der Waals surface area contributed by atoms with Gasteiger partial charge in [0, 0.05) is 24.5 Å². The molecule has 2 aromatic heterocycles. The van der Waals surface area contributed by atoms with Gasteiger partial charge in [-0.1, -0.05) is 12.8 Å². The number of rotatable bonds is 4. The SMILES string of the molecule is O=C(Cn1cnc2sccc2c1=O)Nc1ccc(N2CCCCCC2)cc1. The predicted molar refractivity (Wildman–Crippen MR) is 110 cm³/mol. The molecule has 1 saturated heterocycles. The van der Waals surface area contributed by atoms with E-state index in [-0.39, 0.29) is 18.0 Å². The summed E-state index contributed by atoms with van der Waals surface area (Å²) in [5.74, 6) is -0.240. The van der Waals surface area contributed by atoms with E-state index in [0.717, 1.165) is 18.8 Å². The van der Waals surface area contributed by atoms with Gasteiger partial charge in [0.2, 0.25) is 5.91 Å². The molecule has 140 valence electrons. The van der Waals surface area contributed by atoms with Gasteiger partial charge in [-0.3, -0.25) is 14.2 Å². The monoisotopic (exact) mass is 382 g/mol. The second-order valence-corrected chi connectivity index (χ2v) is 7.71. The third-order valence-electron chi connectivity index (χ3n) is 4.89. The minimum atomic E-state index is -0.240. The second-order valence-electron chi connectivity index (χ2n) is 6.81. The van der Waals surface area contributed by atoms with Crippen molar-refractivity contribution in [2.45, 2.75) is 32.2 Å². The van der Waals surface area contributed by atoms with Crippen molar-refractivity contribution in [3.05, 3.63) is 52.4 Å². The van der Waals surface area contributed by atoms with Crippen LogP contribution < -0.4 is 15.8 Å². The number of benzene rings is 1. The van der Waals surface area contributed by atoms with Gasteiger partial charge >= 0.3 is 0 Å². The lowest BCUT2D eigenvalue weighted by Crippen LogP contribution is -2.27. The molecule has 6 nitrogen and oxygen atoms in total. The van der Waals surface area contributed by atoms with E-state index in [2.05, 4.69) is 15.2 Å². The van der Waals surface area contributed by atoms with Crippen LogP contribution in [-0.4, -0.2) is 28.5 Å². The number of fused-ring (bicyclic) bond motifs is 1. The maximum absolute atomic E-state index is 12.4. The Hall–Kier alpha value is -2.67. The van der Waals surface area contributed by atoms with Crippen molar-refractivity contribution in [3.63, 3.8) is 0 Å². The minimum Gasteiger partial charge on any atom is -0.372 e. The number of aromatic nitrogens is 2. The van der Waals surface area contributed by atoms with Crippen LogP contribution >= 0.6 is 11.3 Å². The first-order valence-electron chi connectivity index (χ1n) is 9.28. The summed E-state index contributed by atoms with van der Waals surface area (Å²) in [6, 6.07) is 9.67. The molecule has 0 saturated carbocycles. The molecule has 1 N–H and O–H groups in total. The number of nitrogens with one attached hydrogen (secondary N) is 1. The number of hydrogen-bond acceptors (Lipinski definition) is 5. The molecule has 1 amide bonds. The summed E-state index contributed by atoms with van der Waals surface area (Å²) in [6.45, 7) is 2.13. The van der Waals surface area contributed by atoms with E-state index < -0.39 is 0 Å². The van der Waals surface area contributed by atoms with E-state index >= 15 is 0 Å². The van der Waals surface area contributed by atoms with Crippen LogP contribution in [0.25, 0.3) is 10.2 Å². The smallest absolute Gasteiger partial charge is 0.262 e. The minimum absolute atomic E-state index is 0.0501. The molecule has 0 spiro atoms. The predicted octanol–water partition coefficient (Wildman–Crippen LogP) is 3.48. The summed E-state index contributed by atoms with van der Waals surface area (Å²) in [5.41, 5.74) is 1.74. The summed E-state index contributed by atoms with van der Waals surface area (Å²) in [5, 5.41) is 5.24. The van der Waals surface area contributed by atoms with Crippen molar-refractivity contribution >= 4 is 38.8 Å². The molecule has 0 aliphatic carbocycles. The number of hydrogen-bond donors (Lipinski definition) is 1. The zero-order valence-electron chi connectivity index (χ0n) is 15.1. The quantitative estimate of drug-likeness (QED) is 0.750. The maximum Gasteiger partial charge on any atom is 0.262 e. The first kappa shape index (κ1) is 17.7. The molecule has 1 fully saturated rings. The summed E-state index contributed by atoms with van der Waals surface area (Å²) < 4.78 is 1.34. The zero-order chi connectivity index (χ0) is 18.6. The standard InChI is InChI=1S/C20H22N4O2S/c25-18(13-24-14-21-19-17(20(24)26)9-12-27-19)22-15-5-7-16(8-6-15)23-10-3-1-2-4-11-23/h5-9,12,14H,1-4,10-11,13H2,(H,22,25). The average Bonchev–Trinajstić information content (AvgIpc) is 2.99. The van der Waals surface area contributed by atoms with Crippen molar-refractivity contribution in [2.75, 3.05) is 23.3 Å². The third kappa shape index (κ3) is 4.03. The van der Waals surface area contributed by atoms with Gasteiger partial charge in [0.05, 0.1) is 11.7 Å². The molecule has 3 heterocycles. The fraction of sp³-hybridized carbons (Fsp3) is 0.350. The van der Waals surface area contributed by atoms with Crippen LogP contribution in [0.5, 0.6) is 0 Å². The molecule has 0 radical (unpaired) electrons. The van der Waals surface area contributed by atoms with Gasteiger partial charge in [0.25, 0.3) is 5.56 Å². The first-order valence-corrected chi connectivity index (χ1v) is 10.2. The molecule has 1 aromatic carbocycles. The van der Waals surface area contributed by atoms with Gasteiger partial charge in [-0.2, -0.15) is 0 Å². The molecular formula is C20H22N4O2S. The van der Waals surface area contributed by atoms with Gasteiger partial charge in [0.1, 0.15) is 11.4 Å². The van der Waals surface area contributed by atoms with E-state index in [0.29, 0.717) is 10.2 Å². The highest BCUT2D eigenvalue weighted by Gasteiger charge is 2.11. The largest absolute Gasteiger partial charge is 0.372 e. The van der Waals surface area contributed by atoms with E-state index in [1.54, 1.807) is 6.07 Å². The first-order chi connectivity index (χ1) is 13.2. The van der Waals surface area contributed by atoms with Crippen molar-refractivity contribution < 1.29 is 4.79 Å². The highest BCUT2D eigenvalue weighted by atomic mass is 32.1. The third-order valence-corrected chi connectivity index (χ3v) is 5.71. The summed E-state index contributed by atoms with van der Waals surface area (Å²) >= 11 is 1.42. The molecule has 3 aromatic rings.